The standard InChI is InChI=1S/C25H21F2NO5/c1-32-14-10-21(26)19(22(27)11-14)12-23(24(29)30)28-25(31)33-13-20-17-8-4-2-6-15(17)16-7-3-5-9-18(16)20/h2-11,20,23H,12-13H2,1H3,(H,28,31)(H,29,30). The van der Waals surface area contributed by atoms with Crippen molar-refractivity contribution in [1.82, 2.24) is 5.32 Å². The van der Waals surface area contributed by atoms with Crippen LogP contribution in [0.5, 0.6) is 5.75 Å². The molecule has 0 fully saturated rings. The molecule has 33 heavy (non-hydrogen) atoms. The molecule has 8 heteroatoms. The summed E-state index contributed by atoms with van der Waals surface area (Å²) in [6.07, 6.45) is -1.58. The van der Waals surface area contributed by atoms with Gasteiger partial charge in [-0.2, -0.15) is 0 Å². The minimum Gasteiger partial charge on any atom is -0.497 e. The topological polar surface area (TPSA) is 84.9 Å². The number of halogens is 2. The number of amides is 1. The first-order valence-corrected chi connectivity index (χ1v) is 10.2. The first-order valence-electron chi connectivity index (χ1n) is 10.2. The lowest BCUT2D eigenvalue weighted by molar-refractivity contribution is -0.139. The number of ether oxygens (including phenoxy) is 2. The predicted molar refractivity (Wildman–Crippen MR) is 116 cm³/mol. The van der Waals surface area contributed by atoms with Crippen LogP contribution < -0.4 is 10.1 Å². The van der Waals surface area contributed by atoms with Crippen molar-refractivity contribution in [2.24, 2.45) is 0 Å². The molecule has 1 atom stereocenters. The lowest BCUT2D eigenvalue weighted by Gasteiger charge is -2.18. The molecule has 0 spiro atoms. The maximum Gasteiger partial charge on any atom is 0.407 e. The SMILES string of the molecule is COc1cc(F)c(CC(NC(=O)OCC2c3ccccc3-c3ccccc32)C(=O)O)c(F)c1. The Morgan fingerprint density at radius 1 is 1.00 bits per heavy atom. The van der Waals surface area contributed by atoms with E-state index in [1.807, 2.05) is 48.5 Å². The second-order valence-electron chi connectivity index (χ2n) is 7.63. The van der Waals surface area contributed by atoms with Gasteiger partial charge in [0.2, 0.25) is 0 Å². The van der Waals surface area contributed by atoms with Gasteiger partial charge in [-0.3, -0.25) is 0 Å². The molecule has 1 unspecified atom stereocenters. The third-order valence-corrected chi connectivity index (χ3v) is 5.69. The van der Waals surface area contributed by atoms with E-state index in [1.165, 1.54) is 7.11 Å². The number of hydrogen-bond donors (Lipinski definition) is 2. The van der Waals surface area contributed by atoms with Gasteiger partial charge in [0.15, 0.2) is 0 Å². The predicted octanol–water partition coefficient (Wildman–Crippen LogP) is 4.51. The van der Waals surface area contributed by atoms with Gasteiger partial charge in [-0.25, -0.2) is 18.4 Å². The number of methoxy groups -OCH3 is 1. The Bertz CT molecular complexity index is 1140. The highest BCUT2D eigenvalue weighted by atomic mass is 19.1. The van der Waals surface area contributed by atoms with Crippen LogP contribution in [0.25, 0.3) is 11.1 Å². The minimum absolute atomic E-state index is 0.0164. The van der Waals surface area contributed by atoms with E-state index in [0.29, 0.717) is 0 Å². The number of nitrogens with one attached hydrogen (secondary N) is 1. The van der Waals surface area contributed by atoms with Gasteiger partial charge < -0.3 is 19.9 Å². The maximum absolute atomic E-state index is 14.2. The zero-order valence-corrected chi connectivity index (χ0v) is 17.7. The molecule has 0 saturated heterocycles. The van der Waals surface area contributed by atoms with E-state index in [-0.39, 0.29) is 18.3 Å². The highest BCUT2D eigenvalue weighted by molar-refractivity contribution is 5.81. The van der Waals surface area contributed by atoms with Crippen LogP contribution in [-0.4, -0.2) is 36.9 Å². The van der Waals surface area contributed by atoms with E-state index < -0.39 is 41.7 Å². The summed E-state index contributed by atoms with van der Waals surface area (Å²) in [6, 6.07) is 15.9. The van der Waals surface area contributed by atoms with Crippen LogP contribution in [0.1, 0.15) is 22.6 Å². The maximum atomic E-state index is 14.2. The first kappa shape index (κ1) is 22.3. The molecule has 0 aromatic heterocycles. The molecule has 0 saturated carbocycles. The molecule has 0 radical (unpaired) electrons. The molecule has 3 aromatic rings. The van der Waals surface area contributed by atoms with Crippen LogP contribution in [0, 0.1) is 11.6 Å². The third kappa shape index (κ3) is 4.50. The molecular weight excluding hydrogens is 432 g/mol. The lowest BCUT2D eigenvalue weighted by Crippen LogP contribution is -2.43. The number of fused-ring (bicyclic) bond motifs is 3. The summed E-state index contributed by atoms with van der Waals surface area (Å²) in [5.41, 5.74) is 3.64. The van der Waals surface area contributed by atoms with Gasteiger partial charge in [-0.15, -0.1) is 0 Å². The number of hydrogen-bond acceptors (Lipinski definition) is 4. The number of alkyl carbamates (subject to hydrolysis) is 1. The van der Waals surface area contributed by atoms with Crippen molar-refractivity contribution in [3.8, 4) is 16.9 Å². The summed E-state index contributed by atoms with van der Waals surface area (Å²) in [7, 11) is 1.26. The molecule has 0 bridgehead atoms. The van der Waals surface area contributed by atoms with Crippen LogP contribution in [0.4, 0.5) is 13.6 Å². The third-order valence-electron chi connectivity index (χ3n) is 5.69. The highest BCUT2D eigenvalue weighted by Crippen LogP contribution is 2.44. The van der Waals surface area contributed by atoms with E-state index in [0.717, 1.165) is 34.4 Å². The van der Waals surface area contributed by atoms with Crippen LogP contribution in [-0.2, 0) is 16.0 Å². The summed E-state index contributed by atoms with van der Waals surface area (Å²) in [6.45, 7) is -0.0164. The van der Waals surface area contributed by atoms with Gasteiger partial charge in [-0.1, -0.05) is 48.5 Å². The summed E-state index contributed by atoms with van der Waals surface area (Å²) in [5.74, 6) is -3.62. The number of carbonyl (C=O) groups is 2. The van der Waals surface area contributed by atoms with Gasteiger partial charge in [0, 0.05) is 30.0 Å². The normalized spacial score (nSPS) is 13.1. The van der Waals surface area contributed by atoms with Gasteiger partial charge in [0.25, 0.3) is 0 Å². The average Bonchev–Trinajstić information content (AvgIpc) is 3.12. The number of carboxylic acid groups (broad SMARTS) is 1. The fourth-order valence-corrected chi connectivity index (χ4v) is 4.08. The van der Waals surface area contributed by atoms with E-state index in [9.17, 15) is 23.5 Å². The number of aliphatic carboxylic acids is 1. The molecule has 3 aromatic carbocycles. The fourth-order valence-electron chi connectivity index (χ4n) is 4.08. The largest absolute Gasteiger partial charge is 0.497 e. The van der Waals surface area contributed by atoms with E-state index in [4.69, 9.17) is 9.47 Å². The molecule has 4 rings (SSSR count). The number of carbonyl (C=O) groups excluding carboxylic acids is 1. The van der Waals surface area contributed by atoms with Crippen LogP contribution in [0.2, 0.25) is 0 Å². The smallest absolute Gasteiger partial charge is 0.407 e. The first-order chi connectivity index (χ1) is 15.9. The summed E-state index contributed by atoms with van der Waals surface area (Å²) >= 11 is 0. The number of benzene rings is 3. The Labute approximate surface area is 188 Å². The van der Waals surface area contributed by atoms with Crippen molar-refractivity contribution >= 4 is 12.1 Å². The van der Waals surface area contributed by atoms with Gasteiger partial charge in [0.05, 0.1) is 7.11 Å². The summed E-state index contributed by atoms with van der Waals surface area (Å²) in [4.78, 5) is 24.0. The van der Waals surface area contributed by atoms with Crippen LogP contribution in [0.3, 0.4) is 0 Å². The molecule has 170 valence electrons. The second kappa shape index (κ2) is 9.28. The van der Waals surface area contributed by atoms with Crippen molar-refractivity contribution < 1.29 is 33.0 Å². The van der Waals surface area contributed by atoms with Crippen molar-refractivity contribution in [3.05, 3.63) is 89.0 Å². The van der Waals surface area contributed by atoms with E-state index in [1.54, 1.807) is 0 Å². The Hall–Kier alpha value is -3.94. The van der Waals surface area contributed by atoms with E-state index in [2.05, 4.69) is 5.32 Å². The highest BCUT2D eigenvalue weighted by Gasteiger charge is 2.30. The minimum atomic E-state index is -1.59. The number of rotatable bonds is 7. The van der Waals surface area contributed by atoms with Crippen molar-refractivity contribution in [1.29, 1.82) is 0 Å². The molecule has 2 N–H and O–H groups in total. The fraction of sp³-hybridized carbons (Fsp3) is 0.200. The van der Waals surface area contributed by atoms with Crippen LogP contribution >= 0.6 is 0 Å². The monoisotopic (exact) mass is 453 g/mol. The molecule has 6 nitrogen and oxygen atoms in total. The average molecular weight is 453 g/mol. The Morgan fingerprint density at radius 2 is 1.55 bits per heavy atom. The Morgan fingerprint density at radius 3 is 2.06 bits per heavy atom. The van der Waals surface area contributed by atoms with Gasteiger partial charge in [0.1, 0.15) is 30.0 Å². The second-order valence-corrected chi connectivity index (χ2v) is 7.63. The van der Waals surface area contributed by atoms with Crippen molar-refractivity contribution in [3.63, 3.8) is 0 Å². The van der Waals surface area contributed by atoms with E-state index >= 15 is 0 Å². The summed E-state index contributed by atoms with van der Waals surface area (Å²) < 4.78 is 38.6. The van der Waals surface area contributed by atoms with Gasteiger partial charge in [-0.05, 0) is 22.3 Å². The zero-order valence-electron chi connectivity index (χ0n) is 17.7. The zero-order chi connectivity index (χ0) is 23.5. The van der Waals surface area contributed by atoms with Gasteiger partial charge >= 0.3 is 12.1 Å². The van der Waals surface area contributed by atoms with Crippen molar-refractivity contribution in [2.75, 3.05) is 13.7 Å². The number of carboxylic acids is 1. The summed E-state index contributed by atoms with van der Waals surface area (Å²) in [5, 5.41) is 11.7. The van der Waals surface area contributed by atoms with Crippen molar-refractivity contribution in [2.45, 2.75) is 18.4 Å². The Kier molecular flexibility index (Phi) is 6.26. The molecule has 1 aliphatic rings. The molecular formula is C25H21F2NO5. The quantitative estimate of drug-likeness (QED) is 0.550. The van der Waals surface area contributed by atoms with Crippen LogP contribution in [0.15, 0.2) is 60.7 Å². The lowest BCUT2D eigenvalue weighted by atomic mass is 9.98. The molecule has 1 aliphatic carbocycles. The Balaban J connectivity index is 1.45. The molecule has 1 amide bonds. The molecule has 0 aliphatic heterocycles. The molecule has 0 heterocycles.